The molecule has 0 amide bonds. The number of carboxylic acid groups (broad SMARTS) is 1. The van der Waals surface area contributed by atoms with Crippen LogP contribution in [0.4, 0.5) is 0 Å². The number of nitrogens with zero attached hydrogens (tertiary/aromatic N) is 2. The SMILES string of the molecule is O=C(O)CCNCc1nc(-c2ccccc2Cl)no1. The largest absolute Gasteiger partial charge is 0.481 e. The van der Waals surface area contributed by atoms with Crippen molar-refractivity contribution in [3.05, 3.63) is 35.2 Å². The first kappa shape index (κ1) is 13.5. The number of hydrogen-bond donors (Lipinski definition) is 2. The Labute approximate surface area is 114 Å². The summed E-state index contributed by atoms with van der Waals surface area (Å²) in [5.74, 6) is -0.0456. The molecule has 0 unspecified atom stereocenters. The molecule has 0 aliphatic heterocycles. The molecule has 0 saturated carbocycles. The molecule has 0 atom stereocenters. The van der Waals surface area contributed by atoms with E-state index in [2.05, 4.69) is 15.5 Å². The first-order chi connectivity index (χ1) is 9.16. The number of aliphatic carboxylic acids is 1. The highest BCUT2D eigenvalue weighted by atomic mass is 35.5. The highest BCUT2D eigenvalue weighted by Crippen LogP contribution is 2.24. The van der Waals surface area contributed by atoms with Crippen LogP contribution in [-0.2, 0) is 11.3 Å². The van der Waals surface area contributed by atoms with Crippen LogP contribution >= 0.6 is 11.6 Å². The maximum absolute atomic E-state index is 10.3. The predicted molar refractivity (Wildman–Crippen MR) is 68.7 cm³/mol. The van der Waals surface area contributed by atoms with Crippen LogP contribution < -0.4 is 5.32 Å². The van der Waals surface area contributed by atoms with E-state index >= 15 is 0 Å². The second kappa shape index (κ2) is 6.31. The fourth-order valence-electron chi connectivity index (χ4n) is 1.47. The first-order valence-electron chi connectivity index (χ1n) is 5.67. The van der Waals surface area contributed by atoms with Gasteiger partial charge in [0.2, 0.25) is 11.7 Å². The van der Waals surface area contributed by atoms with E-state index in [-0.39, 0.29) is 6.42 Å². The fraction of sp³-hybridized carbons (Fsp3) is 0.250. The molecular weight excluding hydrogens is 270 g/mol. The van der Waals surface area contributed by atoms with Gasteiger partial charge in [-0.1, -0.05) is 28.9 Å². The topological polar surface area (TPSA) is 88.2 Å². The highest BCUT2D eigenvalue weighted by molar-refractivity contribution is 6.33. The van der Waals surface area contributed by atoms with Gasteiger partial charge in [0.1, 0.15) is 0 Å². The molecule has 0 aliphatic rings. The number of hydrogen-bond acceptors (Lipinski definition) is 5. The van der Waals surface area contributed by atoms with Gasteiger partial charge in [-0.2, -0.15) is 4.98 Å². The Kier molecular flexibility index (Phi) is 4.48. The van der Waals surface area contributed by atoms with Gasteiger partial charge < -0.3 is 14.9 Å². The van der Waals surface area contributed by atoms with E-state index in [0.717, 1.165) is 0 Å². The zero-order valence-electron chi connectivity index (χ0n) is 9.97. The van der Waals surface area contributed by atoms with Gasteiger partial charge in [0.15, 0.2) is 0 Å². The van der Waals surface area contributed by atoms with Crippen molar-refractivity contribution in [3.63, 3.8) is 0 Å². The summed E-state index contributed by atoms with van der Waals surface area (Å²) in [5.41, 5.74) is 0.699. The third kappa shape index (κ3) is 3.77. The zero-order valence-corrected chi connectivity index (χ0v) is 10.7. The van der Waals surface area contributed by atoms with E-state index in [4.69, 9.17) is 21.2 Å². The molecule has 1 aromatic carbocycles. The standard InChI is InChI=1S/C12H12ClN3O3/c13-9-4-2-1-3-8(9)12-15-10(19-16-12)7-14-6-5-11(17)18/h1-4,14H,5-7H2,(H,17,18). The van der Waals surface area contributed by atoms with Crippen LogP contribution in [-0.4, -0.2) is 27.8 Å². The number of aromatic nitrogens is 2. The summed E-state index contributed by atoms with van der Waals surface area (Å²) in [6.07, 6.45) is 0.0471. The number of carbonyl (C=O) groups is 1. The van der Waals surface area contributed by atoms with Gasteiger partial charge in [0.05, 0.1) is 18.0 Å². The summed E-state index contributed by atoms with van der Waals surface area (Å²) >= 11 is 6.03. The Morgan fingerprint density at radius 1 is 1.42 bits per heavy atom. The van der Waals surface area contributed by atoms with Crippen LogP contribution in [0.15, 0.2) is 28.8 Å². The molecule has 19 heavy (non-hydrogen) atoms. The zero-order chi connectivity index (χ0) is 13.7. The van der Waals surface area contributed by atoms with Crippen LogP contribution in [0, 0.1) is 0 Å². The van der Waals surface area contributed by atoms with Crippen LogP contribution in [0.1, 0.15) is 12.3 Å². The van der Waals surface area contributed by atoms with Crippen molar-refractivity contribution < 1.29 is 14.4 Å². The Morgan fingerprint density at radius 3 is 2.95 bits per heavy atom. The van der Waals surface area contributed by atoms with Crippen LogP contribution in [0.25, 0.3) is 11.4 Å². The summed E-state index contributed by atoms with van der Waals surface area (Å²) in [6.45, 7) is 0.671. The summed E-state index contributed by atoms with van der Waals surface area (Å²) in [5, 5.41) is 15.8. The van der Waals surface area contributed by atoms with Gasteiger partial charge in [0.25, 0.3) is 0 Å². The van der Waals surface area contributed by atoms with E-state index in [1.807, 2.05) is 12.1 Å². The summed E-state index contributed by atoms with van der Waals surface area (Å²) in [4.78, 5) is 14.5. The van der Waals surface area contributed by atoms with E-state index in [0.29, 0.717) is 35.4 Å². The van der Waals surface area contributed by atoms with Crippen molar-refractivity contribution in [3.8, 4) is 11.4 Å². The summed E-state index contributed by atoms with van der Waals surface area (Å²) < 4.78 is 5.05. The van der Waals surface area contributed by atoms with Crippen molar-refractivity contribution in [1.29, 1.82) is 0 Å². The van der Waals surface area contributed by atoms with Crippen LogP contribution in [0.3, 0.4) is 0 Å². The molecule has 2 N–H and O–H groups in total. The lowest BCUT2D eigenvalue weighted by Crippen LogP contribution is -2.17. The molecular formula is C12H12ClN3O3. The predicted octanol–water partition coefficient (Wildman–Crippen LogP) is 1.95. The highest BCUT2D eigenvalue weighted by Gasteiger charge is 2.10. The molecule has 0 fully saturated rings. The maximum Gasteiger partial charge on any atom is 0.304 e. The second-order valence-corrected chi connectivity index (χ2v) is 4.22. The third-order valence-electron chi connectivity index (χ3n) is 2.37. The third-order valence-corrected chi connectivity index (χ3v) is 2.70. The van der Waals surface area contributed by atoms with Crippen molar-refractivity contribution in [2.75, 3.05) is 6.54 Å². The Bertz CT molecular complexity index is 571. The monoisotopic (exact) mass is 281 g/mol. The van der Waals surface area contributed by atoms with Crippen molar-refractivity contribution >= 4 is 17.6 Å². The van der Waals surface area contributed by atoms with Crippen molar-refractivity contribution in [2.24, 2.45) is 0 Å². The minimum absolute atomic E-state index is 0.0471. The van der Waals surface area contributed by atoms with E-state index in [1.165, 1.54) is 0 Å². The minimum atomic E-state index is -0.852. The molecule has 1 aromatic heterocycles. The molecule has 0 saturated heterocycles. The van der Waals surface area contributed by atoms with E-state index < -0.39 is 5.97 Å². The van der Waals surface area contributed by atoms with Gasteiger partial charge in [-0.25, -0.2) is 0 Å². The number of nitrogens with one attached hydrogen (secondary N) is 1. The molecule has 2 aromatic rings. The van der Waals surface area contributed by atoms with Gasteiger partial charge in [-0.15, -0.1) is 0 Å². The lowest BCUT2D eigenvalue weighted by molar-refractivity contribution is -0.136. The van der Waals surface area contributed by atoms with Crippen LogP contribution in [0.2, 0.25) is 5.02 Å². The first-order valence-corrected chi connectivity index (χ1v) is 6.04. The van der Waals surface area contributed by atoms with Gasteiger partial charge >= 0.3 is 5.97 Å². The molecule has 6 nitrogen and oxygen atoms in total. The van der Waals surface area contributed by atoms with Gasteiger partial charge in [-0.05, 0) is 12.1 Å². The van der Waals surface area contributed by atoms with Crippen molar-refractivity contribution in [2.45, 2.75) is 13.0 Å². The Morgan fingerprint density at radius 2 is 2.21 bits per heavy atom. The number of benzene rings is 1. The van der Waals surface area contributed by atoms with Crippen molar-refractivity contribution in [1.82, 2.24) is 15.5 Å². The second-order valence-electron chi connectivity index (χ2n) is 3.81. The molecule has 0 spiro atoms. The lowest BCUT2D eigenvalue weighted by Gasteiger charge is -1.97. The number of rotatable bonds is 6. The average molecular weight is 282 g/mol. The molecule has 0 bridgehead atoms. The normalized spacial score (nSPS) is 10.6. The van der Waals surface area contributed by atoms with Gasteiger partial charge in [0, 0.05) is 12.1 Å². The number of halogens is 1. The quantitative estimate of drug-likeness (QED) is 0.787. The fourth-order valence-corrected chi connectivity index (χ4v) is 1.69. The summed E-state index contributed by atoms with van der Waals surface area (Å²) in [7, 11) is 0. The Hall–Kier alpha value is -1.92. The van der Waals surface area contributed by atoms with Gasteiger partial charge in [-0.3, -0.25) is 4.79 Å². The minimum Gasteiger partial charge on any atom is -0.481 e. The smallest absolute Gasteiger partial charge is 0.304 e. The summed E-state index contributed by atoms with van der Waals surface area (Å²) in [6, 6.07) is 7.20. The maximum atomic E-state index is 10.3. The van der Waals surface area contributed by atoms with Crippen LogP contribution in [0.5, 0.6) is 0 Å². The van der Waals surface area contributed by atoms with E-state index in [1.54, 1.807) is 12.1 Å². The Balaban J connectivity index is 1.96. The molecule has 0 aliphatic carbocycles. The number of carboxylic acids is 1. The average Bonchev–Trinajstić information content (AvgIpc) is 2.83. The molecule has 2 rings (SSSR count). The molecule has 100 valence electrons. The molecule has 7 heteroatoms. The lowest BCUT2D eigenvalue weighted by atomic mass is 10.2. The molecule has 1 heterocycles. The van der Waals surface area contributed by atoms with E-state index in [9.17, 15) is 4.79 Å². The molecule has 0 radical (unpaired) electrons.